The van der Waals surface area contributed by atoms with E-state index in [0.29, 0.717) is 5.92 Å². The smallest absolute Gasteiger partial charge is 0.100 e. The van der Waals surface area contributed by atoms with Crippen LogP contribution in [0.3, 0.4) is 0 Å². The highest BCUT2D eigenvalue weighted by Crippen LogP contribution is 2.44. The summed E-state index contributed by atoms with van der Waals surface area (Å²) in [5.41, 5.74) is 3.81. The summed E-state index contributed by atoms with van der Waals surface area (Å²) in [6.45, 7) is 0. The molecule has 2 aliphatic rings. The summed E-state index contributed by atoms with van der Waals surface area (Å²) in [6.07, 6.45) is 11.9. The Labute approximate surface area is 116 Å². The predicted octanol–water partition coefficient (Wildman–Crippen LogP) is 4.88. The monoisotopic (exact) mass is 256 g/mol. The molecule has 0 bridgehead atoms. The SMILES string of the molecule is OC(/C1=C/CCCCCC1)c1ccccc1C1CC1. The molecule has 102 valence electrons. The minimum absolute atomic E-state index is 0.366. The number of aliphatic hydroxyl groups excluding tert-OH is 1. The molecule has 1 N–H and O–H groups in total. The van der Waals surface area contributed by atoms with Crippen LogP contribution in [-0.4, -0.2) is 5.11 Å². The van der Waals surface area contributed by atoms with Gasteiger partial charge in [0.05, 0.1) is 0 Å². The van der Waals surface area contributed by atoms with Crippen molar-refractivity contribution in [1.82, 2.24) is 0 Å². The second kappa shape index (κ2) is 5.92. The molecule has 0 aliphatic heterocycles. The maximum Gasteiger partial charge on any atom is 0.100 e. The molecule has 3 rings (SSSR count). The van der Waals surface area contributed by atoms with Crippen LogP contribution in [0.25, 0.3) is 0 Å². The zero-order valence-corrected chi connectivity index (χ0v) is 11.6. The van der Waals surface area contributed by atoms with Crippen molar-refractivity contribution in [2.24, 2.45) is 0 Å². The summed E-state index contributed by atoms with van der Waals surface area (Å²) >= 11 is 0. The predicted molar refractivity (Wildman–Crippen MR) is 79.2 cm³/mol. The van der Waals surface area contributed by atoms with Gasteiger partial charge in [-0.15, -0.1) is 0 Å². The van der Waals surface area contributed by atoms with Gasteiger partial charge in [0.15, 0.2) is 0 Å². The molecule has 2 aliphatic carbocycles. The first-order valence-corrected chi connectivity index (χ1v) is 7.82. The highest BCUT2D eigenvalue weighted by atomic mass is 16.3. The number of benzene rings is 1. The molecule has 0 radical (unpaired) electrons. The molecule has 1 atom stereocenters. The number of rotatable bonds is 3. The Bertz CT molecular complexity index is 457. The fourth-order valence-electron chi connectivity index (χ4n) is 3.19. The lowest BCUT2D eigenvalue weighted by molar-refractivity contribution is 0.208. The molecule has 19 heavy (non-hydrogen) atoms. The maximum atomic E-state index is 10.8. The summed E-state index contributed by atoms with van der Waals surface area (Å²) in [6, 6.07) is 8.50. The van der Waals surface area contributed by atoms with Gasteiger partial charge in [-0.3, -0.25) is 0 Å². The zero-order valence-electron chi connectivity index (χ0n) is 11.6. The Morgan fingerprint density at radius 2 is 1.79 bits per heavy atom. The van der Waals surface area contributed by atoms with Crippen molar-refractivity contribution in [3.8, 4) is 0 Å². The molecular weight excluding hydrogens is 232 g/mol. The lowest BCUT2D eigenvalue weighted by atomic mass is 9.89. The van der Waals surface area contributed by atoms with Crippen molar-refractivity contribution in [3.63, 3.8) is 0 Å². The van der Waals surface area contributed by atoms with Gasteiger partial charge in [0, 0.05) is 0 Å². The highest BCUT2D eigenvalue weighted by Gasteiger charge is 2.28. The molecule has 1 fully saturated rings. The molecule has 0 saturated heterocycles. The van der Waals surface area contributed by atoms with Crippen molar-refractivity contribution in [2.45, 2.75) is 63.4 Å². The summed E-state index contributed by atoms with van der Waals surface area (Å²) in [5.74, 6) is 0.708. The average Bonchev–Trinajstić information content (AvgIpc) is 3.22. The van der Waals surface area contributed by atoms with Crippen LogP contribution >= 0.6 is 0 Å². The number of aliphatic hydroxyl groups is 1. The third kappa shape index (κ3) is 3.09. The van der Waals surface area contributed by atoms with E-state index in [2.05, 4.69) is 30.3 Å². The Morgan fingerprint density at radius 3 is 2.63 bits per heavy atom. The van der Waals surface area contributed by atoms with Gasteiger partial charge >= 0.3 is 0 Å². The van der Waals surface area contributed by atoms with Crippen LogP contribution in [0, 0.1) is 0 Å². The molecule has 1 aromatic carbocycles. The fourth-order valence-corrected chi connectivity index (χ4v) is 3.19. The third-order valence-corrected chi connectivity index (χ3v) is 4.49. The molecule has 0 amide bonds. The van der Waals surface area contributed by atoms with E-state index in [4.69, 9.17) is 0 Å². The Morgan fingerprint density at radius 1 is 1.00 bits per heavy atom. The maximum absolute atomic E-state index is 10.8. The highest BCUT2D eigenvalue weighted by molar-refractivity contribution is 5.38. The molecule has 1 nitrogen and oxygen atoms in total. The van der Waals surface area contributed by atoms with Crippen LogP contribution in [0.15, 0.2) is 35.9 Å². The summed E-state index contributed by atoms with van der Waals surface area (Å²) in [7, 11) is 0. The van der Waals surface area contributed by atoms with Crippen molar-refractivity contribution in [3.05, 3.63) is 47.0 Å². The van der Waals surface area contributed by atoms with E-state index in [1.807, 2.05) is 0 Å². The van der Waals surface area contributed by atoms with Crippen LogP contribution in [0.1, 0.15) is 74.5 Å². The Kier molecular flexibility index (Phi) is 4.03. The van der Waals surface area contributed by atoms with Crippen molar-refractivity contribution in [2.75, 3.05) is 0 Å². The lowest BCUT2D eigenvalue weighted by Crippen LogP contribution is -2.06. The van der Waals surface area contributed by atoms with Crippen LogP contribution in [0.4, 0.5) is 0 Å². The average molecular weight is 256 g/mol. The number of allylic oxidation sites excluding steroid dienone is 1. The molecule has 1 saturated carbocycles. The Balaban J connectivity index is 1.83. The molecule has 1 heteroatoms. The quantitative estimate of drug-likeness (QED) is 0.764. The zero-order chi connectivity index (χ0) is 13.1. The van der Waals surface area contributed by atoms with E-state index < -0.39 is 0 Å². The largest absolute Gasteiger partial charge is 0.384 e. The van der Waals surface area contributed by atoms with Gasteiger partial charge in [-0.25, -0.2) is 0 Å². The molecule has 0 spiro atoms. The molecule has 1 unspecified atom stereocenters. The van der Waals surface area contributed by atoms with E-state index in [-0.39, 0.29) is 6.10 Å². The van der Waals surface area contributed by atoms with Gasteiger partial charge in [0.2, 0.25) is 0 Å². The Hall–Kier alpha value is -1.08. The van der Waals surface area contributed by atoms with E-state index in [9.17, 15) is 5.11 Å². The number of hydrogen-bond donors (Lipinski definition) is 1. The minimum Gasteiger partial charge on any atom is -0.384 e. The van der Waals surface area contributed by atoms with Crippen LogP contribution < -0.4 is 0 Å². The van der Waals surface area contributed by atoms with Gasteiger partial charge in [-0.1, -0.05) is 43.2 Å². The molecule has 0 heterocycles. The third-order valence-electron chi connectivity index (χ3n) is 4.49. The summed E-state index contributed by atoms with van der Waals surface area (Å²) in [4.78, 5) is 0. The lowest BCUT2D eigenvalue weighted by Gasteiger charge is -2.20. The van der Waals surface area contributed by atoms with Crippen LogP contribution in [-0.2, 0) is 0 Å². The first-order valence-electron chi connectivity index (χ1n) is 7.82. The number of hydrogen-bond acceptors (Lipinski definition) is 1. The standard InChI is InChI=1S/C18H24O/c19-18(15-8-4-2-1-3-5-9-15)17-11-7-6-10-16(17)14-12-13-14/h6-8,10-11,14,18-19H,1-5,9,12-13H2/b15-8+. The molecule has 1 aromatic rings. The first-order chi connectivity index (χ1) is 9.36. The van der Waals surface area contributed by atoms with Gasteiger partial charge in [0.25, 0.3) is 0 Å². The van der Waals surface area contributed by atoms with Crippen molar-refractivity contribution >= 4 is 0 Å². The van der Waals surface area contributed by atoms with Crippen molar-refractivity contribution < 1.29 is 5.11 Å². The topological polar surface area (TPSA) is 20.2 Å². The molecule has 0 aromatic heterocycles. The normalized spacial score (nSPS) is 25.0. The van der Waals surface area contributed by atoms with E-state index in [1.165, 1.54) is 49.7 Å². The first kappa shape index (κ1) is 12.9. The van der Waals surface area contributed by atoms with Crippen LogP contribution in [0.2, 0.25) is 0 Å². The summed E-state index contributed by atoms with van der Waals surface area (Å²) < 4.78 is 0. The summed E-state index contributed by atoms with van der Waals surface area (Å²) in [5, 5.41) is 10.8. The van der Waals surface area contributed by atoms with Crippen LogP contribution in [0.5, 0.6) is 0 Å². The van der Waals surface area contributed by atoms with E-state index in [1.54, 1.807) is 0 Å². The second-order valence-corrected chi connectivity index (χ2v) is 6.04. The fraction of sp³-hybridized carbons (Fsp3) is 0.556. The van der Waals surface area contributed by atoms with Gasteiger partial charge in [-0.05, 0) is 61.1 Å². The van der Waals surface area contributed by atoms with Gasteiger partial charge < -0.3 is 5.11 Å². The minimum atomic E-state index is -0.366. The van der Waals surface area contributed by atoms with Gasteiger partial charge in [0.1, 0.15) is 6.10 Å². The molecular formula is C18H24O. The van der Waals surface area contributed by atoms with Crippen molar-refractivity contribution in [1.29, 1.82) is 0 Å². The second-order valence-electron chi connectivity index (χ2n) is 6.04. The van der Waals surface area contributed by atoms with E-state index in [0.717, 1.165) is 18.4 Å². The van der Waals surface area contributed by atoms with Gasteiger partial charge in [-0.2, -0.15) is 0 Å². The van der Waals surface area contributed by atoms with E-state index >= 15 is 0 Å².